The molecule has 5 nitrogen and oxygen atoms in total. The molecular formula is C23H29F3IN3O2. The summed E-state index contributed by atoms with van der Waals surface area (Å²) in [7, 11) is 1.62. The van der Waals surface area contributed by atoms with E-state index in [9.17, 15) is 13.2 Å². The van der Waals surface area contributed by atoms with Gasteiger partial charge in [0.25, 0.3) is 0 Å². The lowest BCUT2D eigenvalue weighted by atomic mass is 10.1. The summed E-state index contributed by atoms with van der Waals surface area (Å²) >= 11 is 0. The molecule has 176 valence electrons. The van der Waals surface area contributed by atoms with Crippen LogP contribution in [0.1, 0.15) is 35.1 Å². The molecule has 3 rings (SSSR count). The second kappa shape index (κ2) is 13.0. The van der Waals surface area contributed by atoms with Crippen molar-refractivity contribution in [1.29, 1.82) is 0 Å². The molecule has 0 aromatic heterocycles. The van der Waals surface area contributed by atoms with Crippen molar-refractivity contribution in [1.82, 2.24) is 10.6 Å². The van der Waals surface area contributed by atoms with Gasteiger partial charge < -0.3 is 20.1 Å². The molecule has 2 N–H and O–H groups in total. The largest absolute Gasteiger partial charge is 0.416 e. The molecule has 0 atom stereocenters. The number of aliphatic imine (C=N–C) groups is 1. The van der Waals surface area contributed by atoms with Crippen molar-refractivity contribution >= 4 is 29.9 Å². The van der Waals surface area contributed by atoms with Crippen molar-refractivity contribution in [2.24, 2.45) is 4.99 Å². The van der Waals surface area contributed by atoms with Crippen molar-refractivity contribution in [3.8, 4) is 0 Å². The summed E-state index contributed by atoms with van der Waals surface area (Å²) < 4.78 is 49.8. The molecule has 2 aromatic rings. The quantitative estimate of drug-likeness (QED) is 0.287. The van der Waals surface area contributed by atoms with Crippen LogP contribution in [0.25, 0.3) is 0 Å². The first kappa shape index (κ1) is 26.4. The van der Waals surface area contributed by atoms with Gasteiger partial charge in [0.1, 0.15) is 0 Å². The van der Waals surface area contributed by atoms with Crippen LogP contribution in [0.3, 0.4) is 0 Å². The summed E-state index contributed by atoms with van der Waals surface area (Å²) in [4.78, 5) is 4.13. The van der Waals surface area contributed by atoms with E-state index in [1.54, 1.807) is 13.1 Å². The standard InChI is InChI=1S/C23H28F3N3O2.HI/c1-27-22(29-15-19-3-2-4-20(13-19)23(24,25)26)28-14-17-5-7-18(8-6-17)16-31-21-9-11-30-12-10-21;/h2-8,13,21H,9-12,14-16H2,1H3,(H2,27,28,29);1H. The SMILES string of the molecule is CN=C(NCc1ccc(COC2CCOCC2)cc1)NCc1cccc(C(F)(F)F)c1.I. The van der Waals surface area contributed by atoms with E-state index in [1.807, 2.05) is 24.3 Å². The van der Waals surface area contributed by atoms with Crippen LogP contribution in [0.4, 0.5) is 13.2 Å². The molecule has 0 radical (unpaired) electrons. The van der Waals surface area contributed by atoms with Crippen LogP contribution in [0.2, 0.25) is 0 Å². The molecule has 0 aliphatic carbocycles. The van der Waals surface area contributed by atoms with Crippen molar-refractivity contribution in [2.75, 3.05) is 20.3 Å². The van der Waals surface area contributed by atoms with Gasteiger partial charge in [-0.15, -0.1) is 24.0 Å². The Morgan fingerprint density at radius 2 is 1.62 bits per heavy atom. The summed E-state index contributed by atoms with van der Waals surface area (Å²) in [5, 5.41) is 6.22. The van der Waals surface area contributed by atoms with Crippen molar-refractivity contribution in [2.45, 2.75) is 44.8 Å². The molecule has 1 saturated heterocycles. The molecule has 0 spiro atoms. The minimum atomic E-state index is -4.35. The van der Waals surface area contributed by atoms with E-state index in [4.69, 9.17) is 9.47 Å². The molecule has 1 aliphatic heterocycles. The molecule has 1 heterocycles. The normalized spacial score (nSPS) is 15.2. The van der Waals surface area contributed by atoms with Gasteiger partial charge in [-0.25, -0.2) is 0 Å². The maximum absolute atomic E-state index is 12.8. The Morgan fingerprint density at radius 1 is 1.00 bits per heavy atom. The molecule has 32 heavy (non-hydrogen) atoms. The zero-order valence-corrected chi connectivity index (χ0v) is 20.3. The number of alkyl halides is 3. The Balaban J connectivity index is 0.00000363. The topological polar surface area (TPSA) is 54.9 Å². The van der Waals surface area contributed by atoms with E-state index < -0.39 is 11.7 Å². The van der Waals surface area contributed by atoms with Gasteiger partial charge in [0.05, 0.1) is 18.3 Å². The molecule has 2 aromatic carbocycles. The van der Waals surface area contributed by atoms with Gasteiger partial charge in [-0.05, 0) is 41.7 Å². The molecule has 0 amide bonds. The van der Waals surface area contributed by atoms with Gasteiger partial charge in [-0.3, -0.25) is 4.99 Å². The Bertz CT molecular complexity index is 854. The molecule has 1 aliphatic rings. The third-order valence-corrected chi connectivity index (χ3v) is 5.07. The van der Waals surface area contributed by atoms with E-state index in [2.05, 4.69) is 15.6 Å². The molecule has 9 heteroatoms. The second-order valence-electron chi connectivity index (χ2n) is 7.42. The van der Waals surface area contributed by atoms with Gasteiger partial charge in [0.2, 0.25) is 0 Å². The number of hydrogen-bond acceptors (Lipinski definition) is 3. The average Bonchev–Trinajstić information content (AvgIpc) is 2.79. The van der Waals surface area contributed by atoms with Crippen LogP contribution in [-0.4, -0.2) is 32.3 Å². The highest BCUT2D eigenvalue weighted by Crippen LogP contribution is 2.29. The fraction of sp³-hybridized carbons (Fsp3) is 0.435. The summed E-state index contributed by atoms with van der Waals surface area (Å²) in [5.74, 6) is 0.518. The number of rotatable bonds is 7. The Morgan fingerprint density at radius 3 is 2.25 bits per heavy atom. The van der Waals surface area contributed by atoms with Gasteiger partial charge in [0.15, 0.2) is 5.96 Å². The molecule has 1 fully saturated rings. The number of nitrogens with zero attached hydrogens (tertiary/aromatic N) is 1. The van der Waals surface area contributed by atoms with Crippen LogP contribution >= 0.6 is 24.0 Å². The lowest BCUT2D eigenvalue weighted by molar-refractivity contribution is -0.137. The van der Waals surface area contributed by atoms with Crippen molar-refractivity contribution in [3.05, 3.63) is 70.8 Å². The lowest BCUT2D eigenvalue weighted by Crippen LogP contribution is -2.36. The van der Waals surface area contributed by atoms with Gasteiger partial charge in [-0.2, -0.15) is 13.2 Å². The minimum absolute atomic E-state index is 0. The zero-order chi connectivity index (χ0) is 22.1. The summed E-state index contributed by atoms with van der Waals surface area (Å²) in [5.41, 5.74) is 2.06. The molecular weight excluding hydrogens is 534 g/mol. The first-order valence-electron chi connectivity index (χ1n) is 10.3. The number of nitrogens with one attached hydrogen (secondary N) is 2. The summed E-state index contributed by atoms with van der Waals surface area (Å²) in [6, 6.07) is 13.4. The Hall–Kier alpha value is -1.85. The molecule has 0 saturated carbocycles. The first-order valence-corrected chi connectivity index (χ1v) is 10.3. The predicted octanol–water partition coefficient (Wildman–Crippen LogP) is 4.88. The van der Waals surface area contributed by atoms with Crippen molar-refractivity contribution in [3.63, 3.8) is 0 Å². The van der Waals surface area contributed by atoms with E-state index in [0.717, 1.165) is 49.3 Å². The first-order chi connectivity index (χ1) is 14.9. The van der Waals surface area contributed by atoms with E-state index in [0.29, 0.717) is 24.7 Å². The van der Waals surface area contributed by atoms with Gasteiger partial charge in [-0.1, -0.05) is 36.4 Å². The number of benzene rings is 2. The van der Waals surface area contributed by atoms with Crippen LogP contribution in [0, 0.1) is 0 Å². The van der Waals surface area contributed by atoms with E-state index in [1.165, 1.54) is 6.07 Å². The number of halogens is 4. The van der Waals surface area contributed by atoms with Crippen LogP contribution in [0.15, 0.2) is 53.5 Å². The second-order valence-corrected chi connectivity index (χ2v) is 7.42. The predicted molar refractivity (Wildman–Crippen MR) is 129 cm³/mol. The Labute approximate surface area is 203 Å². The minimum Gasteiger partial charge on any atom is -0.381 e. The highest BCUT2D eigenvalue weighted by Gasteiger charge is 2.30. The number of ether oxygens (including phenoxy) is 2. The number of guanidine groups is 1. The fourth-order valence-corrected chi connectivity index (χ4v) is 3.26. The smallest absolute Gasteiger partial charge is 0.381 e. The number of hydrogen-bond donors (Lipinski definition) is 2. The van der Waals surface area contributed by atoms with Crippen LogP contribution in [0.5, 0.6) is 0 Å². The Kier molecular flexibility index (Phi) is 10.7. The van der Waals surface area contributed by atoms with Crippen molar-refractivity contribution < 1.29 is 22.6 Å². The monoisotopic (exact) mass is 563 g/mol. The zero-order valence-electron chi connectivity index (χ0n) is 18.0. The third kappa shape index (κ3) is 8.59. The molecule has 0 unspecified atom stereocenters. The van der Waals surface area contributed by atoms with Crippen LogP contribution < -0.4 is 10.6 Å². The summed E-state index contributed by atoms with van der Waals surface area (Å²) in [6.45, 7) is 2.89. The lowest BCUT2D eigenvalue weighted by Gasteiger charge is -2.22. The fourth-order valence-electron chi connectivity index (χ4n) is 3.26. The highest BCUT2D eigenvalue weighted by atomic mass is 127. The maximum Gasteiger partial charge on any atom is 0.416 e. The maximum atomic E-state index is 12.8. The summed E-state index contributed by atoms with van der Waals surface area (Å²) in [6.07, 6.45) is -2.21. The third-order valence-electron chi connectivity index (χ3n) is 5.07. The van der Waals surface area contributed by atoms with E-state index in [-0.39, 0.29) is 36.6 Å². The van der Waals surface area contributed by atoms with E-state index >= 15 is 0 Å². The highest BCUT2D eigenvalue weighted by molar-refractivity contribution is 14.0. The van der Waals surface area contributed by atoms with Crippen LogP contribution in [-0.2, 0) is 35.3 Å². The van der Waals surface area contributed by atoms with Gasteiger partial charge in [0, 0.05) is 33.4 Å². The molecule has 0 bridgehead atoms. The van der Waals surface area contributed by atoms with Gasteiger partial charge >= 0.3 is 6.18 Å². The average molecular weight is 563 g/mol.